The Morgan fingerprint density at radius 1 is 1.32 bits per heavy atom. The summed E-state index contributed by atoms with van der Waals surface area (Å²) in [6.45, 7) is 9.14. The Morgan fingerprint density at radius 2 is 2.05 bits per heavy atom. The van der Waals surface area contributed by atoms with Gasteiger partial charge in [-0.05, 0) is 19.5 Å². The minimum Gasteiger partial charge on any atom is -0.383 e. The molecule has 3 heteroatoms. The lowest BCUT2D eigenvalue weighted by atomic mass is 10.1. The van der Waals surface area contributed by atoms with Crippen LogP contribution in [0.5, 0.6) is 0 Å². The van der Waals surface area contributed by atoms with E-state index < -0.39 is 0 Å². The van der Waals surface area contributed by atoms with Crippen LogP contribution in [-0.2, 0) is 11.3 Å². The first-order chi connectivity index (χ1) is 9.02. The lowest BCUT2D eigenvalue weighted by molar-refractivity contribution is 0.100. The van der Waals surface area contributed by atoms with E-state index in [-0.39, 0.29) is 0 Å². The average molecular weight is 264 g/mol. The van der Waals surface area contributed by atoms with Gasteiger partial charge in [0.25, 0.3) is 0 Å². The molecule has 0 saturated heterocycles. The number of likely N-dealkylation sites (N-methyl/N-ethyl adjacent to an activating group) is 1. The van der Waals surface area contributed by atoms with Crippen LogP contribution >= 0.6 is 0 Å². The Bertz CT molecular complexity index is 366. The van der Waals surface area contributed by atoms with E-state index in [1.54, 1.807) is 7.11 Å². The quantitative estimate of drug-likeness (QED) is 0.780. The molecule has 0 heterocycles. The van der Waals surface area contributed by atoms with Crippen molar-refractivity contribution >= 4 is 0 Å². The first kappa shape index (κ1) is 16.2. The second-order valence-electron chi connectivity index (χ2n) is 5.58. The maximum Gasteiger partial charge on any atom is 0.0630 e. The first-order valence-corrected chi connectivity index (χ1v) is 7.01. The molecule has 0 spiro atoms. The maximum atomic E-state index is 5.34. The number of ether oxygens (including phenoxy) is 1. The monoisotopic (exact) mass is 264 g/mol. The van der Waals surface area contributed by atoms with E-state index in [9.17, 15) is 0 Å². The third-order valence-electron chi connectivity index (χ3n) is 3.26. The number of methoxy groups -OCH3 is 1. The van der Waals surface area contributed by atoms with Gasteiger partial charge in [-0.15, -0.1) is 0 Å². The van der Waals surface area contributed by atoms with Crippen LogP contribution in [0, 0.1) is 6.92 Å². The fourth-order valence-corrected chi connectivity index (χ4v) is 2.13. The zero-order valence-electron chi connectivity index (χ0n) is 12.9. The Hall–Kier alpha value is -0.900. The Labute approximate surface area is 118 Å². The van der Waals surface area contributed by atoms with Crippen molar-refractivity contribution in [2.75, 3.05) is 27.3 Å². The van der Waals surface area contributed by atoms with Gasteiger partial charge in [0.1, 0.15) is 0 Å². The summed E-state index contributed by atoms with van der Waals surface area (Å²) in [4.78, 5) is 2.35. The van der Waals surface area contributed by atoms with Crippen molar-refractivity contribution in [3.05, 3.63) is 35.4 Å². The minimum atomic E-state index is 0.396. The van der Waals surface area contributed by atoms with E-state index in [4.69, 9.17) is 4.74 Å². The van der Waals surface area contributed by atoms with Crippen molar-refractivity contribution in [3.63, 3.8) is 0 Å². The fraction of sp³-hybridized carbons (Fsp3) is 0.625. The molecule has 0 aliphatic heterocycles. The van der Waals surface area contributed by atoms with E-state index >= 15 is 0 Å². The van der Waals surface area contributed by atoms with Crippen molar-refractivity contribution in [1.82, 2.24) is 10.2 Å². The highest BCUT2D eigenvalue weighted by atomic mass is 16.5. The summed E-state index contributed by atoms with van der Waals surface area (Å²) < 4.78 is 5.34. The Kier molecular flexibility index (Phi) is 7.06. The van der Waals surface area contributed by atoms with Gasteiger partial charge in [0.05, 0.1) is 6.61 Å². The summed E-state index contributed by atoms with van der Waals surface area (Å²) in [5, 5.41) is 3.49. The van der Waals surface area contributed by atoms with E-state index in [1.165, 1.54) is 11.1 Å². The summed E-state index contributed by atoms with van der Waals surface area (Å²) >= 11 is 0. The van der Waals surface area contributed by atoms with Gasteiger partial charge in [-0.2, -0.15) is 0 Å². The van der Waals surface area contributed by atoms with Crippen LogP contribution in [0.1, 0.15) is 25.0 Å². The molecule has 0 aliphatic carbocycles. The number of hydrogen-bond donors (Lipinski definition) is 1. The molecule has 3 nitrogen and oxygen atoms in total. The van der Waals surface area contributed by atoms with E-state index in [1.807, 2.05) is 0 Å². The van der Waals surface area contributed by atoms with Gasteiger partial charge >= 0.3 is 0 Å². The van der Waals surface area contributed by atoms with Crippen LogP contribution < -0.4 is 5.32 Å². The molecule has 108 valence electrons. The Morgan fingerprint density at radius 3 is 2.63 bits per heavy atom. The summed E-state index contributed by atoms with van der Waals surface area (Å²) in [6.07, 6.45) is 0. The van der Waals surface area contributed by atoms with Gasteiger partial charge in [0.2, 0.25) is 0 Å². The SMILES string of the molecule is COCC(CNC(C)C)N(C)Cc1cccc(C)c1. The third kappa shape index (κ3) is 6.19. The molecule has 1 atom stereocenters. The number of nitrogens with zero attached hydrogens (tertiary/aromatic N) is 1. The number of nitrogens with one attached hydrogen (secondary N) is 1. The van der Waals surface area contributed by atoms with Gasteiger partial charge in [-0.3, -0.25) is 4.90 Å². The molecule has 0 fully saturated rings. The molecule has 0 radical (unpaired) electrons. The van der Waals surface area contributed by atoms with E-state index in [0.29, 0.717) is 12.1 Å². The molecule has 1 unspecified atom stereocenters. The van der Waals surface area contributed by atoms with Crippen LogP contribution in [0.3, 0.4) is 0 Å². The molecular formula is C16H28N2O. The predicted molar refractivity (Wildman–Crippen MR) is 81.4 cm³/mol. The molecule has 1 rings (SSSR count). The van der Waals surface area contributed by atoms with Crippen molar-refractivity contribution in [1.29, 1.82) is 0 Å². The van der Waals surface area contributed by atoms with Crippen molar-refractivity contribution in [2.45, 2.75) is 39.4 Å². The second-order valence-corrected chi connectivity index (χ2v) is 5.58. The lowest BCUT2D eigenvalue weighted by Crippen LogP contribution is -2.44. The molecule has 0 saturated carbocycles. The molecule has 0 bridgehead atoms. The minimum absolute atomic E-state index is 0.396. The van der Waals surface area contributed by atoms with Crippen molar-refractivity contribution in [3.8, 4) is 0 Å². The standard InChI is InChI=1S/C16H28N2O/c1-13(2)17-10-16(12-19-5)18(4)11-15-8-6-7-14(3)9-15/h6-9,13,16-17H,10-12H2,1-5H3. The molecule has 0 aliphatic rings. The highest BCUT2D eigenvalue weighted by molar-refractivity contribution is 5.22. The van der Waals surface area contributed by atoms with Crippen LogP contribution in [0.2, 0.25) is 0 Å². The number of hydrogen-bond acceptors (Lipinski definition) is 3. The lowest BCUT2D eigenvalue weighted by Gasteiger charge is -2.28. The van der Waals surface area contributed by atoms with Crippen LogP contribution in [0.15, 0.2) is 24.3 Å². The number of aryl methyl sites for hydroxylation is 1. The molecule has 0 aromatic heterocycles. The van der Waals surface area contributed by atoms with Gasteiger partial charge in [0, 0.05) is 32.3 Å². The average Bonchev–Trinajstić information content (AvgIpc) is 2.34. The summed E-state index contributed by atoms with van der Waals surface area (Å²) in [7, 11) is 3.93. The van der Waals surface area contributed by atoms with Gasteiger partial charge in [-0.1, -0.05) is 43.7 Å². The number of benzene rings is 1. The topological polar surface area (TPSA) is 24.5 Å². The first-order valence-electron chi connectivity index (χ1n) is 7.01. The molecule has 0 amide bonds. The summed E-state index contributed by atoms with van der Waals surface area (Å²) in [5.74, 6) is 0. The largest absolute Gasteiger partial charge is 0.383 e. The molecule has 1 aromatic rings. The van der Waals surface area contributed by atoms with Gasteiger partial charge < -0.3 is 10.1 Å². The summed E-state index contributed by atoms with van der Waals surface area (Å²) in [6, 6.07) is 9.59. The normalized spacial score (nSPS) is 13.2. The van der Waals surface area contributed by atoms with Crippen molar-refractivity contribution < 1.29 is 4.74 Å². The molecular weight excluding hydrogens is 236 g/mol. The highest BCUT2D eigenvalue weighted by Gasteiger charge is 2.15. The molecule has 19 heavy (non-hydrogen) atoms. The van der Waals surface area contributed by atoms with Crippen LogP contribution in [0.25, 0.3) is 0 Å². The van der Waals surface area contributed by atoms with Crippen LogP contribution in [0.4, 0.5) is 0 Å². The maximum absolute atomic E-state index is 5.34. The van der Waals surface area contributed by atoms with Gasteiger partial charge in [0.15, 0.2) is 0 Å². The van der Waals surface area contributed by atoms with Crippen molar-refractivity contribution in [2.24, 2.45) is 0 Å². The number of rotatable bonds is 8. The molecule has 1 N–H and O–H groups in total. The predicted octanol–water partition coefficient (Wildman–Crippen LogP) is 2.44. The fourth-order valence-electron chi connectivity index (χ4n) is 2.13. The summed E-state index contributed by atoms with van der Waals surface area (Å²) in [5.41, 5.74) is 2.67. The highest BCUT2D eigenvalue weighted by Crippen LogP contribution is 2.09. The van der Waals surface area contributed by atoms with Gasteiger partial charge in [-0.25, -0.2) is 0 Å². The van der Waals surface area contributed by atoms with E-state index in [2.05, 4.69) is 62.3 Å². The molecule has 1 aromatic carbocycles. The smallest absolute Gasteiger partial charge is 0.0630 e. The second kappa shape index (κ2) is 8.31. The Balaban J connectivity index is 2.57. The van der Waals surface area contributed by atoms with E-state index in [0.717, 1.165) is 19.7 Å². The zero-order valence-corrected chi connectivity index (χ0v) is 12.9. The zero-order chi connectivity index (χ0) is 14.3. The van der Waals surface area contributed by atoms with Crippen LogP contribution in [-0.4, -0.2) is 44.3 Å². The third-order valence-corrected chi connectivity index (χ3v) is 3.26.